The lowest BCUT2D eigenvalue weighted by Gasteiger charge is -2.34. The monoisotopic (exact) mass is 338 g/mol. The van der Waals surface area contributed by atoms with Crippen molar-refractivity contribution in [3.63, 3.8) is 0 Å². The second kappa shape index (κ2) is 5.54. The van der Waals surface area contributed by atoms with E-state index in [0.29, 0.717) is 23.4 Å². The summed E-state index contributed by atoms with van der Waals surface area (Å²) in [6, 6.07) is 3.63. The number of aromatic nitrogens is 3. The Morgan fingerprint density at radius 3 is 2.52 bits per heavy atom. The van der Waals surface area contributed by atoms with Crippen LogP contribution in [0.25, 0.3) is 0 Å². The maximum absolute atomic E-state index is 12.9. The molecule has 3 heterocycles. The summed E-state index contributed by atoms with van der Waals surface area (Å²) in [5.41, 5.74) is 1.95. The van der Waals surface area contributed by atoms with Crippen molar-refractivity contribution in [3.8, 4) is 0 Å². The Morgan fingerprint density at radius 1 is 1.08 bits per heavy atom. The molecule has 2 aromatic heterocycles. The summed E-state index contributed by atoms with van der Waals surface area (Å²) in [6.07, 6.45) is 5.27. The molecule has 2 aliphatic rings. The zero-order valence-electron chi connectivity index (χ0n) is 14.1. The third kappa shape index (κ3) is 2.19. The highest BCUT2D eigenvalue weighted by Gasteiger charge is 2.38. The molecule has 1 aliphatic heterocycles. The molecule has 7 heteroatoms. The first-order valence-corrected chi connectivity index (χ1v) is 8.23. The predicted octanol–water partition coefficient (Wildman–Crippen LogP) is 1.04. The van der Waals surface area contributed by atoms with Gasteiger partial charge in [-0.1, -0.05) is 0 Å². The Bertz CT molecular complexity index is 1030. The molecule has 7 nitrogen and oxygen atoms in total. The van der Waals surface area contributed by atoms with Gasteiger partial charge in [0.2, 0.25) is 0 Å². The molecule has 25 heavy (non-hydrogen) atoms. The number of carbonyl (C=O) groups is 1. The first-order valence-electron chi connectivity index (χ1n) is 8.23. The largest absolute Gasteiger partial charge is 0.344 e. The van der Waals surface area contributed by atoms with E-state index in [1.54, 1.807) is 19.4 Å². The number of ketones is 1. The number of anilines is 1. The van der Waals surface area contributed by atoms with Gasteiger partial charge in [-0.05, 0) is 30.5 Å². The minimum atomic E-state index is -0.479. The van der Waals surface area contributed by atoms with Gasteiger partial charge in [0.25, 0.3) is 5.56 Å². The molecule has 0 aromatic carbocycles. The number of nitrogens with zero attached hydrogens (tertiary/aromatic N) is 3. The smallest absolute Gasteiger partial charge is 0.332 e. The van der Waals surface area contributed by atoms with Crippen molar-refractivity contribution in [1.29, 1.82) is 0 Å². The van der Waals surface area contributed by atoms with Gasteiger partial charge in [0.1, 0.15) is 5.82 Å². The van der Waals surface area contributed by atoms with Crippen LogP contribution in [0.5, 0.6) is 0 Å². The molecule has 0 bridgehead atoms. The fraction of sp³-hybridized carbons (Fsp3) is 0.333. The highest BCUT2D eigenvalue weighted by atomic mass is 16.2. The average Bonchev–Trinajstić information content (AvgIpc) is 2.64. The Kier molecular flexibility index (Phi) is 3.45. The van der Waals surface area contributed by atoms with Gasteiger partial charge < -0.3 is 5.32 Å². The van der Waals surface area contributed by atoms with E-state index < -0.39 is 11.6 Å². The van der Waals surface area contributed by atoms with Crippen LogP contribution in [0.4, 0.5) is 5.82 Å². The molecule has 0 unspecified atom stereocenters. The second-order valence-corrected chi connectivity index (χ2v) is 6.48. The second-order valence-electron chi connectivity index (χ2n) is 6.48. The van der Waals surface area contributed by atoms with Crippen molar-refractivity contribution in [1.82, 2.24) is 14.1 Å². The normalized spacial score (nSPS) is 19.3. The first-order chi connectivity index (χ1) is 12.0. The van der Waals surface area contributed by atoms with E-state index >= 15 is 0 Å². The molecule has 0 saturated carbocycles. The SMILES string of the molecule is Cn1c2c(c(=O)n(C)c1=O)[C@@H](c1ccncc1)C1=C(CCCC1=O)N2. The molecule has 1 aliphatic carbocycles. The van der Waals surface area contributed by atoms with Crippen LogP contribution in [0, 0.1) is 0 Å². The van der Waals surface area contributed by atoms with E-state index in [0.717, 1.165) is 28.7 Å². The fourth-order valence-corrected chi connectivity index (χ4v) is 3.79. The van der Waals surface area contributed by atoms with Gasteiger partial charge in [0.15, 0.2) is 5.78 Å². The summed E-state index contributed by atoms with van der Waals surface area (Å²) < 4.78 is 2.53. The van der Waals surface area contributed by atoms with Crippen LogP contribution >= 0.6 is 0 Å². The standard InChI is InChI=1S/C18H18N4O3/c1-21-16-15(17(24)22(2)18(21)25)13(10-6-8-19-9-7-10)14-11(20-16)4-3-5-12(14)23/h6-9,13,20H,3-5H2,1-2H3/t13-/m0/s1. The Hall–Kier alpha value is -2.96. The van der Waals surface area contributed by atoms with Crippen LogP contribution in [0.15, 0.2) is 45.4 Å². The van der Waals surface area contributed by atoms with Gasteiger partial charge >= 0.3 is 5.69 Å². The quantitative estimate of drug-likeness (QED) is 0.840. The minimum Gasteiger partial charge on any atom is -0.344 e. The Labute approximate surface area is 143 Å². The van der Waals surface area contributed by atoms with Crippen molar-refractivity contribution < 1.29 is 4.79 Å². The molecule has 0 radical (unpaired) electrons. The maximum Gasteiger partial charge on any atom is 0.332 e. The number of hydrogen-bond acceptors (Lipinski definition) is 5. The van der Waals surface area contributed by atoms with E-state index in [9.17, 15) is 14.4 Å². The van der Waals surface area contributed by atoms with Crippen molar-refractivity contribution in [2.45, 2.75) is 25.2 Å². The van der Waals surface area contributed by atoms with Crippen molar-refractivity contribution in [2.24, 2.45) is 14.1 Å². The highest BCUT2D eigenvalue weighted by molar-refractivity contribution is 6.00. The van der Waals surface area contributed by atoms with Gasteiger partial charge in [-0.3, -0.25) is 23.7 Å². The lowest BCUT2D eigenvalue weighted by molar-refractivity contribution is -0.116. The molecule has 0 spiro atoms. The lowest BCUT2D eigenvalue weighted by atomic mass is 9.77. The van der Waals surface area contributed by atoms with Crippen molar-refractivity contribution in [2.75, 3.05) is 5.32 Å². The Balaban J connectivity index is 2.10. The summed E-state index contributed by atoms with van der Waals surface area (Å²) in [6.45, 7) is 0. The minimum absolute atomic E-state index is 0.0529. The fourth-order valence-electron chi connectivity index (χ4n) is 3.79. The Morgan fingerprint density at radius 2 is 1.80 bits per heavy atom. The predicted molar refractivity (Wildman–Crippen MR) is 92.5 cm³/mol. The molecule has 4 rings (SSSR count). The van der Waals surface area contributed by atoms with Gasteiger partial charge in [0, 0.05) is 50.1 Å². The van der Waals surface area contributed by atoms with Crippen LogP contribution in [0.1, 0.15) is 36.3 Å². The van der Waals surface area contributed by atoms with Gasteiger partial charge in [0.05, 0.1) is 5.56 Å². The van der Waals surface area contributed by atoms with E-state index in [4.69, 9.17) is 0 Å². The number of nitrogens with one attached hydrogen (secondary N) is 1. The summed E-state index contributed by atoms with van der Waals surface area (Å²) in [5, 5.41) is 3.20. The van der Waals surface area contributed by atoms with Crippen LogP contribution < -0.4 is 16.6 Å². The third-order valence-electron chi connectivity index (χ3n) is 5.04. The summed E-state index contributed by atoms with van der Waals surface area (Å²) in [4.78, 5) is 41.9. The van der Waals surface area contributed by atoms with Gasteiger partial charge in [-0.2, -0.15) is 0 Å². The summed E-state index contributed by atoms with van der Waals surface area (Å²) >= 11 is 0. The van der Waals surface area contributed by atoms with Crippen molar-refractivity contribution in [3.05, 3.63) is 67.8 Å². The van der Waals surface area contributed by atoms with Crippen LogP contribution in [0.3, 0.4) is 0 Å². The van der Waals surface area contributed by atoms with E-state index in [2.05, 4.69) is 10.3 Å². The zero-order valence-corrected chi connectivity index (χ0v) is 14.1. The zero-order chi connectivity index (χ0) is 17.7. The lowest BCUT2D eigenvalue weighted by Crippen LogP contribution is -2.44. The molecule has 0 fully saturated rings. The third-order valence-corrected chi connectivity index (χ3v) is 5.04. The molecule has 0 amide bonds. The van der Waals surface area contributed by atoms with Gasteiger partial charge in [-0.15, -0.1) is 0 Å². The van der Waals surface area contributed by atoms with E-state index in [-0.39, 0.29) is 11.3 Å². The molecular weight excluding hydrogens is 320 g/mol. The van der Waals surface area contributed by atoms with Crippen LogP contribution in [0.2, 0.25) is 0 Å². The summed E-state index contributed by atoms with van der Waals surface area (Å²) in [7, 11) is 3.09. The van der Waals surface area contributed by atoms with Crippen LogP contribution in [-0.2, 0) is 18.9 Å². The molecule has 0 saturated heterocycles. The molecular formula is C18H18N4O3. The first kappa shape index (κ1) is 15.6. The topological polar surface area (TPSA) is 86.0 Å². The van der Waals surface area contributed by atoms with E-state index in [1.807, 2.05) is 12.1 Å². The molecule has 1 atom stereocenters. The maximum atomic E-state index is 12.9. The number of Topliss-reactive ketones (excluding diaryl/α,β-unsaturated/α-hetero) is 1. The molecule has 128 valence electrons. The number of hydrogen-bond donors (Lipinski definition) is 1. The average molecular weight is 338 g/mol. The number of pyridine rings is 1. The number of carbonyl (C=O) groups excluding carboxylic acids is 1. The number of allylic oxidation sites excluding steroid dienone is 2. The molecule has 2 aromatic rings. The highest BCUT2D eigenvalue weighted by Crippen LogP contribution is 2.43. The van der Waals surface area contributed by atoms with Crippen molar-refractivity contribution >= 4 is 11.6 Å². The number of fused-ring (bicyclic) bond motifs is 1. The van der Waals surface area contributed by atoms with Crippen LogP contribution in [-0.4, -0.2) is 19.9 Å². The summed E-state index contributed by atoms with van der Waals surface area (Å²) in [5.74, 6) is 0.0491. The van der Waals surface area contributed by atoms with Gasteiger partial charge in [-0.25, -0.2) is 4.79 Å². The van der Waals surface area contributed by atoms with E-state index in [1.165, 1.54) is 11.6 Å². The molecule has 1 N–H and O–H groups in total. The number of rotatable bonds is 1.